The van der Waals surface area contributed by atoms with Crippen LogP contribution in [0.5, 0.6) is 0 Å². The van der Waals surface area contributed by atoms with Crippen molar-refractivity contribution in [2.24, 2.45) is 0 Å². The van der Waals surface area contributed by atoms with Gasteiger partial charge in [0.15, 0.2) is 0 Å². The van der Waals surface area contributed by atoms with Crippen LogP contribution < -0.4 is 0 Å². The zero-order valence-electron chi connectivity index (χ0n) is 11.5. The lowest BCUT2D eigenvalue weighted by Crippen LogP contribution is -2.12. The number of hydrogen-bond donors (Lipinski definition) is 1. The summed E-state index contributed by atoms with van der Waals surface area (Å²) in [4.78, 5) is 16.1. The van der Waals surface area contributed by atoms with E-state index in [1.54, 1.807) is 0 Å². The Morgan fingerprint density at radius 3 is 2.75 bits per heavy atom. The molecule has 0 radical (unpaired) electrons. The smallest absolute Gasteiger partial charge is 0.337 e. The highest BCUT2D eigenvalue weighted by Crippen LogP contribution is 2.33. The molecule has 0 saturated heterocycles. The Kier molecular flexibility index (Phi) is 3.26. The van der Waals surface area contributed by atoms with Crippen LogP contribution in [0.1, 0.15) is 40.5 Å². The molecule has 102 valence electrons. The predicted molar refractivity (Wildman–Crippen MR) is 78.0 cm³/mol. The summed E-state index contributed by atoms with van der Waals surface area (Å²) >= 11 is 0. The van der Waals surface area contributed by atoms with E-state index in [4.69, 9.17) is 0 Å². The number of nitrogens with zero attached hydrogens (tertiary/aromatic N) is 1. The summed E-state index contributed by atoms with van der Waals surface area (Å²) in [6, 6.07) is 10.1. The van der Waals surface area contributed by atoms with Crippen LogP contribution in [0.15, 0.2) is 30.3 Å². The van der Waals surface area contributed by atoms with E-state index in [2.05, 4.69) is 17.1 Å². The average molecular weight is 267 g/mol. The highest BCUT2D eigenvalue weighted by atomic mass is 16.4. The molecule has 1 heterocycles. The molecule has 3 heteroatoms. The number of rotatable bonds is 3. The lowest BCUT2D eigenvalue weighted by atomic mass is 9.87. The molecular formula is C17H17NO2. The molecule has 0 saturated carbocycles. The van der Waals surface area contributed by atoms with E-state index in [1.165, 1.54) is 5.56 Å². The third-order valence-corrected chi connectivity index (χ3v) is 3.83. The molecule has 0 aliphatic heterocycles. The predicted octanol–water partition coefficient (Wildman–Crippen LogP) is 3.50. The molecule has 3 nitrogen and oxygen atoms in total. The maximum absolute atomic E-state index is 11.4. The Morgan fingerprint density at radius 1 is 1.25 bits per heavy atom. The zero-order valence-corrected chi connectivity index (χ0v) is 11.5. The van der Waals surface area contributed by atoms with Gasteiger partial charge in [-0.2, -0.15) is 0 Å². The molecule has 0 unspecified atom stereocenters. The molecule has 0 bridgehead atoms. The van der Waals surface area contributed by atoms with Crippen LogP contribution in [0.3, 0.4) is 0 Å². The molecule has 1 aromatic heterocycles. The molecule has 0 atom stereocenters. The van der Waals surface area contributed by atoms with Crippen molar-refractivity contribution in [1.82, 2.24) is 4.98 Å². The molecule has 1 aliphatic carbocycles. The number of carboxylic acids is 1. The second kappa shape index (κ2) is 5.08. The van der Waals surface area contributed by atoms with Crippen LogP contribution in [-0.2, 0) is 19.3 Å². The standard InChI is InChI=1S/C17H17NO2/c1-2-5-15-14(17(19)20)10-12-9-8-11-6-3-4-7-13(11)16(12)18-15/h3-4,6-7,10H,2,5,8-9H2,1H3,(H,19,20). The molecule has 2 aromatic rings. The SMILES string of the molecule is CCCc1nc2c(cc1C(=O)O)CCc1ccccc1-2. The van der Waals surface area contributed by atoms with Gasteiger partial charge in [0.1, 0.15) is 0 Å². The fourth-order valence-corrected chi connectivity index (χ4v) is 2.87. The van der Waals surface area contributed by atoms with Gasteiger partial charge in [-0.25, -0.2) is 4.79 Å². The van der Waals surface area contributed by atoms with E-state index in [1.807, 2.05) is 25.1 Å². The van der Waals surface area contributed by atoms with Crippen LogP contribution in [0.4, 0.5) is 0 Å². The van der Waals surface area contributed by atoms with Crippen molar-refractivity contribution in [3.8, 4) is 11.3 Å². The van der Waals surface area contributed by atoms with E-state index in [9.17, 15) is 9.90 Å². The third kappa shape index (κ3) is 2.09. The van der Waals surface area contributed by atoms with Gasteiger partial charge in [-0.1, -0.05) is 37.6 Å². The van der Waals surface area contributed by atoms with Crippen molar-refractivity contribution in [1.29, 1.82) is 0 Å². The second-order valence-electron chi connectivity index (χ2n) is 5.20. The minimum Gasteiger partial charge on any atom is -0.478 e. The number of fused-ring (bicyclic) bond motifs is 3. The fourth-order valence-electron chi connectivity index (χ4n) is 2.87. The molecule has 3 rings (SSSR count). The summed E-state index contributed by atoms with van der Waals surface area (Å²) in [5.41, 5.74) is 5.56. The minimum atomic E-state index is -0.873. The van der Waals surface area contributed by atoms with Gasteiger partial charge in [0.25, 0.3) is 0 Å². The number of carboxylic acid groups (broad SMARTS) is 1. The number of hydrogen-bond acceptors (Lipinski definition) is 2. The summed E-state index contributed by atoms with van der Waals surface area (Å²) in [5, 5.41) is 9.35. The van der Waals surface area contributed by atoms with Crippen LogP contribution in [0.25, 0.3) is 11.3 Å². The van der Waals surface area contributed by atoms with Gasteiger partial charge in [0.2, 0.25) is 0 Å². The Labute approximate surface area is 118 Å². The lowest BCUT2D eigenvalue weighted by Gasteiger charge is -2.20. The molecule has 0 spiro atoms. The van der Waals surface area contributed by atoms with E-state index in [0.717, 1.165) is 36.1 Å². The van der Waals surface area contributed by atoms with Crippen molar-refractivity contribution in [2.75, 3.05) is 0 Å². The Hall–Kier alpha value is -2.16. The van der Waals surface area contributed by atoms with Crippen molar-refractivity contribution in [2.45, 2.75) is 32.6 Å². The van der Waals surface area contributed by atoms with Gasteiger partial charge in [-0.3, -0.25) is 4.98 Å². The van der Waals surface area contributed by atoms with Gasteiger partial charge in [-0.05, 0) is 36.5 Å². The molecular weight excluding hydrogens is 250 g/mol. The fraction of sp³-hybridized carbons (Fsp3) is 0.294. The van der Waals surface area contributed by atoms with Crippen molar-refractivity contribution in [3.63, 3.8) is 0 Å². The van der Waals surface area contributed by atoms with Crippen LogP contribution >= 0.6 is 0 Å². The first-order valence-electron chi connectivity index (χ1n) is 7.05. The summed E-state index contributed by atoms with van der Waals surface area (Å²) in [6.45, 7) is 2.04. The monoisotopic (exact) mass is 267 g/mol. The lowest BCUT2D eigenvalue weighted by molar-refractivity contribution is 0.0695. The van der Waals surface area contributed by atoms with E-state index < -0.39 is 5.97 Å². The maximum Gasteiger partial charge on any atom is 0.337 e. The molecule has 0 amide bonds. The number of aromatic nitrogens is 1. The summed E-state index contributed by atoms with van der Waals surface area (Å²) < 4.78 is 0. The Balaban J connectivity index is 2.20. The Morgan fingerprint density at radius 2 is 2.00 bits per heavy atom. The third-order valence-electron chi connectivity index (χ3n) is 3.83. The number of pyridine rings is 1. The number of aryl methyl sites for hydroxylation is 3. The second-order valence-corrected chi connectivity index (χ2v) is 5.20. The van der Waals surface area contributed by atoms with Gasteiger partial charge in [-0.15, -0.1) is 0 Å². The number of carbonyl (C=O) groups is 1. The minimum absolute atomic E-state index is 0.366. The van der Waals surface area contributed by atoms with E-state index >= 15 is 0 Å². The normalized spacial score (nSPS) is 12.7. The largest absolute Gasteiger partial charge is 0.478 e. The molecule has 20 heavy (non-hydrogen) atoms. The maximum atomic E-state index is 11.4. The van der Waals surface area contributed by atoms with E-state index in [-0.39, 0.29) is 0 Å². The summed E-state index contributed by atoms with van der Waals surface area (Å²) in [6.07, 6.45) is 3.42. The zero-order chi connectivity index (χ0) is 14.1. The van der Waals surface area contributed by atoms with Crippen LogP contribution in [0, 0.1) is 0 Å². The quantitative estimate of drug-likeness (QED) is 0.926. The number of benzene rings is 1. The Bertz CT molecular complexity index is 677. The molecule has 1 aromatic carbocycles. The van der Waals surface area contributed by atoms with Gasteiger partial charge < -0.3 is 5.11 Å². The highest BCUT2D eigenvalue weighted by molar-refractivity contribution is 5.90. The average Bonchev–Trinajstić information content (AvgIpc) is 2.46. The van der Waals surface area contributed by atoms with Gasteiger partial charge in [0.05, 0.1) is 17.0 Å². The van der Waals surface area contributed by atoms with Crippen molar-refractivity contribution >= 4 is 5.97 Å². The summed E-state index contributed by atoms with van der Waals surface area (Å²) in [5.74, 6) is -0.873. The molecule has 1 N–H and O–H groups in total. The van der Waals surface area contributed by atoms with Gasteiger partial charge >= 0.3 is 5.97 Å². The number of aromatic carboxylic acids is 1. The van der Waals surface area contributed by atoms with Crippen LogP contribution in [0.2, 0.25) is 0 Å². The molecule has 0 fully saturated rings. The first kappa shape index (κ1) is 12.9. The first-order chi connectivity index (χ1) is 9.70. The first-order valence-corrected chi connectivity index (χ1v) is 7.05. The van der Waals surface area contributed by atoms with E-state index in [0.29, 0.717) is 17.7 Å². The molecule has 1 aliphatic rings. The highest BCUT2D eigenvalue weighted by Gasteiger charge is 2.21. The van der Waals surface area contributed by atoms with Crippen LogP contribution in [-0.4, -0.2) is 16.1 Å². The van der Waals surface area contributed by atoms with Crippen molar-refractivity contribution < 1.29 is 9.90 Å². The van der Waals surface area contributed by atoms with Gasteiger partial charge in [0, 0.05) is 5.56 Å². The summed E-state index contributed by atoms with van der Waals surface area (Å²) in [7, 11) is 0. The topological polar surface area (TPSA) is 50.2 Å². The van der Waals surface area contributed by atoms with Crippen molar-refractivity contribution in [3.05, 3.63) is 52.7 Å².